The highest BCUT2D eigenvalue weighted by Crippen LogP contribution is 1.91. The van der Waals surface area contributed by atoms with E-state index in [9.17, 15) is 4.79 Å². The minimum atomic E-state index is -0.895. The summed E-state index contributed by atoms with van der Waals surface area (Å²) >= 11 is 0. The third-order valence-electron chi connectivity index (χ3n) is 1.02. The Hall–Kier alpha value is -2.08. The summed E-state index contributed by atoms with van der Waals surface area (Å²) < 4.78 is 0. The van der Waals surface area contributed by atoms with Crippen LogP contribution in [0.2, 0.25) is 0 Å². The van der Waals surface area contributed by atoms with Gasteiger partial charge in [0.2, 0.25) is 0 Å². The number of aliphatic carboxylic acids is 1. The van der Waals surface area contributed by atoms with Crippen molar-refractivity contribution >= 4 is 5.97 Å². The predicted molar refractivity (Wildman–Crippen MR) is 56.5 cm³/mol. The molecule has 14 heavy (non-hydrogen) atoms. The minimum Gasteiger partial charge on any atom is -0.478 e. The van der Waals surface area contributed by atoms with Gasteiger partial charge in [0.1, 0.15) is 0 Å². The third kappa shape index (κ3) is 12.6. The van der Waals surface area contributed by atoms with Crippen molar-refractivity contribution in [2.75, 3.05) is 0 Å². The Labute approximate surface area is 84.0 Å². The van der Waals surface area contributed by atoms with Crippen molar-refractivity contribution in [1.82, 2.24) is 0 Å². The molecule has 0 spiro atoms. The summed E-state index contributed by atoms with van der Waals surface area (Å²) in [5.74, 6) is -0.895. The zero-order valence-corrected chi connectivity index (χ0v) is 8.10. The maximum atomic E-state index is 10.2. The summed E-state index contributed by atoms with van der Waals surface area (Å²) in [6, 6.07) is 1.69. The lowest BCUT2D eigenvalue weighted by Gasteiger charge is -1.85. The molecule has 0 bridgehead atoms. The molecular formula is C11H13NO2. The van der Waals surface area contributed by atoms with Gasteiger partial charge in [-0.1, -0.05) is 37.5 Å². The molecule has 74 valence electrons. The van der Waals surface area contributed by atoms with Crippen LogP contribution in [-0.4, -0.2) is 11.1 Å². The minimum absolute atomic E-state index is 0.318. The molecule has 0 amide bonds. The molecule has 0 saturated carbocycles. The van der Waals surface area contributed by atoms with Gasteiger partial charge in [0.05, 0.1) is 6.07 Å². The van der Waals surface area contributed by atoms with Crippen molar-refractivity contribution in [2.45, 2.75) is 6.92 Å². The average molecular weight is 191 g/mol. The van der Waals surface area contributed by atoms with Crippen LogP contribution in [-0.2, 0) is 4.79 Å². The van der Waals surface area contributed by atoms with Gasteiger partial charge in [-0.05, 0) is 6.92 Å². The number of hydrogen-bond donors (Lipinski definition) is 1. The van der Waals surface area contributed by atoms with E-state index in [-0.39, 0.29) is 0 Å². The van der Waals surface area contributed by atoms with Crippen LogP contribution in [0.15, 0.2) is 49.1 Å². The number of carboxylic acids is 1. The van der Waals surface area contributed by atoms with E-state index in [0.29, 0.717) is 5.57 Å². The molecule has 3 nitrogen and oxygen atoms in total. The molecule has 0 aromatic heterocycles. The summed E-state index contributed by atoms with van der Waals surface area (Å²) in [6.07, 6.45) is 7.60. The number of carbonyl (C=O) groups is 1. The standard InChI is InChI=1S/C8H10O2.C3H3N/c1-3-4-5-6-7(2)8(9)10;1-2-3-4/h3-6H,1H2,2H3,(H,9,10);2H,1H2. The van der Waals surface area contributed by atoms with Crippen LogP contribution >= 0.6 is 0 Å². The van der Waals surface area contributed by atoms with Crippen molar-refractivity contribution in [3.63, 3.8) is 0 Å². The van der Waals surface area contributed by atoms with Gasteiger partial charge in [0.15, 0.2) is 0 Å². The Morgan fingerprint density at radius 3 is 2.21 bits per heavy atom. The quantitative estimate of drug-likeness (QED) is 0.423. The molecule has 3 heteroatoms. The predicted octanol–water partition coefficient (Wildman–Crippen LogP) is 2.46. The zero-order valence-electron chi connectivity index (χ0n) is 8.10. The SMILES string of the molecule is C=CC#N.C=CC=CC=C(C)C(=O)O. The molecule has 0 aliphatic heterocycles. The second-order valence-electron chi connectivity index (χ2n) is 2.11. The number of nitrogens with zero attached hydrogens (tertiary/aromatic N) is 1. The van der Waals surface area contributed by atoms with Crippen molar-refractivity contribution < 1.29 is 9.90 Å². The maximum absolute atomic E-state index is 10.2. The van der Waals surface area contributed by atoms with E-state index in [0.717, 1.165) is 0 Å². The van der Waals surface area contributed by atoms with Crippen LogP contribution in [0.1, 0.15) is 6.92 Å². The van der Waals surface area contributed by atoms with Crippen molar-refractivity contribution in [1.29, 1.82) is 5.26 Å². The Balaban J connectivity index is 0. The topological polar surface area (TPSA) is 61.1 Å². The van der Waals surface area contributed by atoms with Crippen LogP contribution in [0.4, 0.5) is 0 Å². The smallest absolute Gasteiger partial charge is 0.331 e. The van der Waals surface area contributed by atoms with E-state index >= 15 is 0 Å². The van der Waals surface area contributed by atoms with E-state index in [1.807, 2.05) is 0 Å². The van der Waals surface area contributed by atoms with Crippen LogP contribution in [0.25, 0.3) is 0 Å². The Kier molecular flexibility index (Phi) is 11.3. The number of nitriles is 1. The van der Waals surface area contributed by atoms with Gasteiger partial charge in [-0.25, -0.2) is 4.79 Å². The van der Waals surface area contributed by atoms with Gasteiger partial charge in [-0.15, -0.1) is 0 Å². The first-order valence-electron chi connectivity index (χ1n) is 3.80. The first kappa shape index (κ1) is 14.4. The van der Waals surface area contributed by atoms with E-state index in [1.54, 1.807) is 24.3 Å². The van der Waals surface area contributed by atoms with Gasteiger partial charge < -0.3 is 5.11 Å². The second-order valence-corrected chi connectivity index (χ2v) is 2.11. The summed E-state index contributed by atoms with van der Waals surface area (Å²) in [6.45, 7) is 8.09. The molecule has 1 N–H and O–H groups in total. The largest absolute Gasteiger partial charge is 0.478 e. The third-order valence-corrected chi connectivity index (χ3v) is 1.02. The summed E-state index contributed by atoms with van der Waals surface area (Å²) in [4.78, 5) is 10.2. The lowest BCUT2D eigenvalue weighted by atomic mass is 10.3. The van der Waals surface area contributed by atoms with Gasteiger partial charge in [0, 0.05) is 11.6 Å². The van der Waals surface area contributed by atoms with E-state index < -0.39 is 5.97 Å². The van der Waals surface area contributed by atoms with E-state index in [2.05, 4.69) is 13.2 Å². The average Bonchev–Trinajstić information content (AvgIpc) is 2.18. The molecule has 0 unspecified atom stereocenters. The monoisotopic (exact) mass is 191 g/mol. The molecule has 0 aromatic carbocycles. The van der Waals surface area contributed by atoms with Gasteiger partial charge in [-0.3, -0.25) is 0 Å². The molecule has 0 aliphatic carbocycles. The summed E-state index contributed by atoms with van der Waals surface area (Å²) in [7, 11) is 0. The van der Waals surface area contributed by atoms with Gasteiger partial charge in [0.25, 0.3) is 0 Å². The second kappa shape index (κ2) is 10.9. The van der Waals surface area contributed by atoms with Crippen molar-refractivity contribution in [3.05, 3.63) is 49.1 Å². The molecule has 0 heterocycles. The highest BCUT2D eigenvalue weighted by atomic mass is 16.4. The number of carboxylic acid groups (broad SMARTS) is 1. The Morgan fingerprint density at radius 2 is 1.93 bits per heavy atom. The van der Waals surface area contributed by atoms with Crippen molar-refractivity contribution in [2.24, 2.45) is 0 Å². The van der Waals surface area contributed by atoms with Crippen LogP contribution in [0.5, 0.6) is 0 Å². The van der Waals surface area contributed by atoms with E-state index in [1.165, 1.54) is 19.1 Å². The summed E-state index contributed by atoms with van der Waals surface area (Å²) in [5.41, 5.74) is 0.318. The molecule has 0 saturated heterocycles. The first-order chi connectivity index (χ1) is 6.59. The molecule has 0 aliphatic rings. The number of hydrogen-bond acceptors (Lipinski definition) is 2. The molecule has 0 aromatic rings. The maximum Gasteiger partial charge on any atom is 0.331 e. The molecule has 0 radical (unpaired) electrons. The zero-order chi connectivity index (χ0) is 11.4. The highest BCUT2D eigenvalue weighted by molar-refractivity contribution is 5.86. The fourth-order valence-electron chi connectivity index (χ4n) is 0.350. The van der Waals surface area contributed by atoms with E-state index in [4.69, 9.17) is 10.4 Å². The molecule has 0 fully saturated rings. The first-order valence-corrected chi connectivity index (χ1v) is 3.80. The Bertz CT molecular complexity index is 293. The lowest BCUT2D eigenvalue weighted by Crippen LogP contribution is -1.94. The number of rotatable bonds is 3. The lowest BCUT2D eigenvalue weighted by molar-refractivity contribution is -0.132. The normalized spacial score (nSPS) is 9.57. The number of allylic oxidation sites excluding steroid dienone is 5. The molecular weight excluding hydrogens is 178 g/mol. The van der Waals surface area contributed by atoms with Gasteiger partial charge in [-0.2, -0.15) is 5.26 Å². The summed E-state index contributed by atoms with van der Waals surface area (Å²) in [5, 5.41) is 15.9. The highest BCUT2D eigenvalue weighted by Gasteiger charge is 1.94. The fourth-order valence-corrected chi connectivity index (χ4v) is 0.350. The Morgan fingerprint density at radius 1 is 1.43 bits per heavy atom. The van der Waals surface area contributed by atoms with Crippen LogP contribution in [0, 0.1) is 11.3 Å². The molecule has 0 atom stereocenters. The molecule has 0 rings (SSSR count). The van der Waals surface area contributed by atoms with Crippen LogP contribution in [0.3, 0.4) is 0 Å². The van der Waals surface area contributed by atoms with Crippen molar-refractivity contribution in [3.8, 4) is 6.07 Å². The fraction of sp³-hybridized carbons (Fsp3) is 0.0909. The van der Waals surface area contributed by atoms with Gasteiger partial charge >= 0.3 is 5.97 Å². The van der Waals surface area contributed by atoms with Crippen LogP contribution < -0.4 is 0 Å².